The van der Waals surface area contributed by atoms with Crippen LogP contribution in [0.2, 0.25) is 0 Å². The predicted octanol–water partition coefficient (Wildman–Crippen LogP) is -0.294. The number of rotatable bonds is 3. The van der Waals surface area contributed by atoms with Gasteiger partial charge < -0.3 is 10.2 Å². The zero-order chi connectivity index (χ0) is 14.8. The molecule has 1 atom stereocenters. The summed E-state index contributed by atoms with van der Waals surface area (Å²) in [7, 11) is 0. The summed E-state index contributed by atoms with van der Waals surface area (Å²) in [5, 5.41) is 7.53. The highest BCUT2D eigenvalue weighted by atomic mass is 16.2. The van der Waals surface area contributed by atoms with Gasteiger partial charge in [-0.15, -0.1) is 5.10 Å². The molecule has 112 valence electrons. The summed E-state index contributed by atoms with van der Waals surface area (Å²) in [5.74, 6) is 0.0762. The fourth-order valence-corrected chi connectivity index (χ4v) is 2.63. The number of fused-ring (bicyclic) bond motifs is 1. The van der Waals surface area contributed by atoms with Gasteiger partial charge in [0.15, 0.2) is 5.65 Å². The van der Waals surface area contributed by atoms with E-state index in [4.69, 9.17) is 0 Å². The van der Waals surface area contributed by atoms with E-state index >= 15 is 0 Å². The number of amides is 1. The molecule has 1 fully saturated rings. The Morgan fingerprint density at radius 2 is 2.33 bits per heavy atom. The third-order valence-electron chi connectivity index (χ3n) is 3.75. The second-order valence-electron chi connectivity index (χ2n) is 5.38. The van der Waals surface area contributed by atoms with Gasteiger partial charge in [0.1, 0.15) is 0 Å². The van der Waals surface area contributed by atoms with Crippen LogP contribution in [-0.4, -0.2) is 50.7 Å². The first kappa shape index (κ1) is 13.8. The quantitative estimate of drug-likeness (QED) is 0.842. The van der Waals surface area contributed by atoms with Crippen molar-refractivity contribution in [3.05, 3.63) is 34.9 Å². The first-order chi connectivity index (χ1) is 10.1. The van der Waals surface area contributed by atoms with E-state index in [1.54, 1.807) is 18.3 Å². The number of hydrogen-bond acceptors (Lipinski definition) is 4. The average Bonchev–Trinajstić information content (AvgIpc) is 2.82. The molecule has 0 saturated carbocycles. The van der Waals surface area contributed by atoms with E-state index in [1.165, 1.54) is 9.08 Å². The van der Waals surface area contributed by atoms with Crippen molar-refractivity contribution in [2.75, 3.05) is 19.6 Å². The fraction of sp³-hybridized carbons (Fsp3) is 0.500. The molecule has 0 aliphatic carbocycles. The molecular weight excluding hydrogens is 270 g/mol. The molecule has 1 amide bonds. The van der Waals surface area contributed by atoms with E-state index < -0.39 is 0 Å². The van der Waals surface area contributed by atoms with Gasteiger partial charge in [-0.2, -0.15) is 0 Å². The maximum atomic E-state index is 12.2. The van der Waals surface area contributed by atoms with E-state index in [1.807, 2.05) is 11.0 Å². The third-order valence-corrected chi connectivity index (χ3v) is 3.75. The molecular formula is C14H19N5O2. The molecule has 21 heavy (non-hydrogen) atoms. The Morgan fingerprint density at radius 1 is 1.48 bits per heavy atom. The van der Waals surface area contributed by atoms with Crippen LogP contribution in [0, 0.1) is 0 Å². The highest BCUT2D eigenvalue weighted by Crippen LogP contribution is 2.03. The molecule has 2 aromatic rings. The Labute approximate surface area is 122 Å². The molecule has 3 heterocycles. The Morgan fingerprint density at radius 3 is 3.10 bits per heavy atom. The first-order valence-electron chi connectivity index (χ1n) is 7.20. The van der Waals surface area contributed by atoms with Crippen LogP contribution in [0.1, 0.15) is 13.3 Å². The summed E-state index contributed by atoms with van der Waals surface area (Å²) in [5.41, 5.74) is 0.401. The lowest BCUT2D eigenvalue weighted by molar-refractivity contribution is -0.132. The van der Waals surface area contributed by atoms with Crippen molar-refractivity contribution in [1.29, 1.82) is 0 Å². The summed E-state index contributed by atoms with van der Waals surface area (Å²) in [6.45, 7) is 4.65. The third kappa shape index (κ3) is 2.82. The zero-order valence-electron chi connectivity index (χ0n) is 12.0. The minimum atomic E-state index is -0.202. The predicted molar refractivity (Wildman–Crippen MR) is 78.1 cm³/mol. The number of pyridine rings is 1. The normalized spacial score (nSPS) is 19.1. The van der Waals surface area contributed by atoms with E-state index in [2.05, 4.69) is 17.3 Å². The van der Waals surface area contributed by atoms with Crippen LogP contribution in [0.5, 0.6) is 0 Å². The van der Waals surface area contributed by atoms with Crippen molar-refractivity contribution in [2.45, 2.75) is 25.9 Å². The lowest BCUT2D eigenvalue weighted by Crippen LogP contribution is -2.51. The molecule has 1 N–H and O–H groups in total. The lowest BCUT2D eigenvalue weighted by Gasteiger charge is -2.31. The van der Waals surface area contributed by atoms with Gasteiger partial charge >= 0.3 is 5.69 Å². The van der Waals surface area contributed by atoms with Crippen molar-refractivity contribution in [1.82, 2.24) is 24.4 Å². The largest absolute Gasteiger partial charge is 0.350 e. The molecule has 0 radical (unpaired) electrons. The summed E-state index contributed by atoms with van der Waals surface area (Å²) in [6, 6.07) is 5.71. The average molecular weight is 289 g/mol. The van der Waals surface area contributed by atoms with Crippen molar-refractivity contribution in [3.8, 4) is 0 Å². The van der Waals surface area contributed by atoms with Crippen LogP contribution in [0.25, 0.3) is 5.65 Å². The standard InChI is InChI=1S/C14H19N5O2/c1-11-10-17(9-6-15-11)13(20)5-8-19-14(21)18-7-3-2-4-12(18)16-19/h2-4,7,11,15H,5-6,8-10H2,1H3. The molecule has 0 aromatic carbocycles. The van der Waals surface area contributed by atoms with Crippen LogP contribution in [0.3, 0.4) is 0 Å². The van der Waals surface area contributed by atoms with Gasteiger partial charge in [-0.25, -0.2) is 9.48 Å². The monoisotopic (exact) mass is 289 g/mol. The number of carbonyl (C=O) groups is 1. The van der Waals surface area contributed by atoms with Gasteiger partial charge in [-0.1, -0.05) is 6.07 Å². The maximum Gasteiger partial charge on any atom is 0.350 e. The SMILES string of the molecule is CC1CN(C(=O)CCn2nc3ccccn3c2=O)CCN1. The Kier molecular flexibility index (Phi) is 3.74. The molecule has 1 aliphatic rings. The fourth-order valence-electron chi connectivity index (χ4n) is 2.63. The summed E-state index contributed by atoms with van der Waals surface area (Å²) >= 11 is 0. The van der Waals surface area contributed by atoms with Crippen LogP contribution in [-0.2, 0) is 11.3 Å². The molecule has 1 saturated heterocycles. The van der Waals surface area contributed by atoms with Crippen molar-refractivity contribution >= 4 is 11.6 Å². The Bertz CT molecular complexity index is 705. The van der Waals surface area contributed by atoms with Crippen molar-refractivity contribution in [3.63, 3.8) is 0 Å². The summed E-state index contributed by atoms with van der Waals surface area (Å²) < 4.78 is 2.84. The minimum Gasteiger partial charge on any atom is -0.340 e. The summed E-state index contributed by atoms with van der Waals surface area (Å²) in [4.78, 5) is 26.1. The number of carbonyl (C=O) groups excluding carboxylic acids is 1. The highest BCUT2D eigenvalue weighted by molar-refractivity contribution is 5.76. The molecule has 1 unspecified atom stereocenters. The van der Waals surface area contributed by atoms with E-state index in [9.17, 15) is 9.59 Å². The minimum absolute atomic E-state index is 0.0762. The second kappa shape index (κ2) is 5.69. The molecule has 0 bridgehead atoms. The molecule has 7 heteroatoms. The number of aromatic nitrogens is 3. The highest BCUT2D eigenvalue weighted by Gasteiger charge is 2.20. The van der Waals surface area contributed by atoms with Gasteiger partial charge in [0, 0.05) is 38.3 Å². The summed E-state index contributed by atoms with van der Waals surface area (Å²) in [6.07, 6.45) is 1.98. The first-order valence-corrected chi connectivity index (χ1v) is 7.20. The van der Waals surface area contributed by atoms with Crippen LogP contribution < -0.4 is 11.0 Å². The van der Waals surface area contributed by atoms with Crippen molar-refractivity contribution < 1.29 is 4.79 Å². The van der Waals surface area contributed by atoms with Gasteiger partial charge in [-0.3, -0.25) is 9.20 Å². The number of nitrogens with zero attached hydrogens (tertiary/aromatic N) is 4. The van der Waals surface area contributed by atoms with Gasteiger partial charge in [0.25, 0.3) is 0 Å². The van der Waals surface area contributed by atoms with E-state index in [0.717, 1.165) is 19.6 Å². The number of aryl methyl sites for hydroxylation is 1. The topological polar surface area (TPSA) is 71.6 Å². The lowest BCUT2D eigenvalue weighted by atomic mass is 10.2. The van der Waals surface area contributed by atoms with Crippen LogP contribution in [0.15, 0.2) is 29.2 Å². The van der Waals surface area contributed by atoms with Gasteiger partial charge in [0.05, 0.1) is 6.54 Å². The smallest absolute Gasteiger partial charge is 0.340 e. The van der Waals surface area contributed by atoms with Crippen LogP contribution in [0.4, 0.5) is 0 Å². The Hall–Kier alpha value is -2.15. The van der Waals surface area contributed by atoms with Crippen LogP contribution >= 0.6 is 0 Å². The second-order valence-corrected chi connectivity index (χ2v) is 5.38. The molecule has 3 rings (SSSR count). The van der Waals surface area contributed by atoms with Gasteiger partial charge in [0.2, 0.25) is 5.91 Å². The number of nitrogens with one attached hydrogen (secondary N) is 1. The molecule has 1 aliphatic heterocycles. The van der Waals surface area contributed by atoms with Gasteiger partial charge in [-0.05, 0) is 19.1 Å². The van der Waals surface area contributed by atoms with Crippen molar-refractivity contribution in [2.24, 2.45) is 0 Å². The van der Waals surface area contributed by atoms with E-state index in [-0.39, 0.29) is 11.6 Å². The Balaban J connectivity index is 1.67. The number of piperazine rings is 1. The van der Waals surface area contributed by atoms with E-state index in [0.29, 0.717) is 24.7 Å². The molecule has 2 aromatic heterocycles. The molecule has 7 nitrogen and oxygen atoms in total. The zero-order valence-corrected chi connectivity index (χ0v) is 12.0. The maximum absolute atomic E-state index is 12.2. The number of hydrogen-bond donors (Lipinski definition) is 1. The molecule has 0 spiro atoms.